The van der Waals surface area contributed by atoms with Gasteiger partial charge in [-0.05, 0) is 12.1 Å². The molecule has 136 valence electrons. The smallest absolute Gasteiger partial charge is 0.257 e. The molecule has 0 bridgehead atoms. The Morgan fingerprint density at radius 1 is 0.885 bits per heavy atom. The summed E-state index contributed by atoms with van der Waals surface area (Å²) in [6, 6.07) is 5.95. The van der Waals surface area contributed by atoms with Gasteiger partial charge in [0.1, 0.15) is 5.82 Å². The molecule has 26 heavy (non-hydrogen) atoms. The van der Waals surface area contributed by atoms with Crippen LogP contribution in [0.1, 0.15) is 10.4 Å². The van der Waals surface area contributed by atoms with Crippen LogP contribution in [0.3, 0.4) is 0 Å². The largest absolute Gasteiger partial charge is 0.378 e. The van der Waals surface area contributed by atoms with Crippen LogP contribution in [-0.2, 0) is 4.74 Å². The summed E-state index contributed by atoms with van der Waals surface area (Å²) in [6.07, 6.45) is 5.07. The monoisotopic (exact) mass is 354 g/mol. The number of carbonyl (C=O) groups is 1. The van der Waals surface area contributed by atoms with E-state index in [1.165, 1.54) is 0 Å². The highest BCUT2D eigenvalue weighted by molar-refractivity contribution is 5.93. The lowest BCUT2D eigenvalue weighted by atomic mass is 10.2. The first kappa shape index (κ1) is 16.7. The molecule has 8 heteroatoms. The molecule has 2 aromatic rings. The molecule has 0 saturated carbocycles. The molecular formula is C18H22N6O2. The fourth-order valence-electron chi connectivity index (χ4n) is 3.22. The van der Waals surface area contributed by atoms with E-state index in [9.17, 15) is 4.79 Å². The van der Waals surface area contributed by atoms with E-state index < -0.39 is 0 Å². The summed E-state index contributed by atoms with van der Waals surface area (Å²) in [5.41, 5.74) is 0.530. The lowest BCUT2D eigenvalue weighted by Gasteiger charge is -2.35. The topological polar surface area (TPSA) is 74.7 Å². The maximum absolute atomic E-state index is 12.5. The Kier molecular flexibility index (Phi) is 4.92. The molecule has 2 saturated heterocycles. The second kappa shape index (κ2) is 7.65. The van der Waals surface area contributed by atoms with E-state index in [0.29, 0.717) is 37.8 Å². The van der Waals surface area contributed by atoms with Crippen molar-refractivity contribution in [2.45, 2.75) is 0 Å². The predicted octanol–water partition coefficient (Wildman–Crippen LogP) is 0.671. The third-order valence-corrected chi connectivity index (χ3v) is 4.72. The molecule has 2 aliphatic heterocycles. The van der Waals surface area contributed by atoms with Gasteiger partial charge in [-0.1, -0.05) is 6.07 Å². The molecule has 0 spiro atoms. The van der Waals surface area contributed by atoms with Gasteiger partial charge in [0.2, 0.25) is 5.95 Å². The quantitative estimate of drug-likeness (QED) is 0.802. The van der Waals surface area contributed by atoms with Crippen molar-refractivity contribution >= 4 is 17.7 Å². The van der Waals surface area contributed by atoms with Crippen molar-refractivity contribution in [3.8, 4) is 0 Å². The van der Waals surface area contributed by atoms with Gasteiger partial charge in [0.15, 0.2) is 0 Å². The maximum Gasteiger partial charge on any atom is 0.257 e. The van der Waals surface area contributed by atoms with Crippen molar-refractivity contribution in [3.05, 3.63) is 42.4 Å². The number of hydrogen-bond acceptors (Lipinski definition) is 7. The van der Waals surface area contributed by atoms with Gasteiger partial charge in [-0.3, -0.25) is 4.79 Å². The van der Waals surface area contributed by atoms with Crippen LogP contribution >= 0.6 is 0 Å². The standard InChI is InChI=1S/C18H22N6O2/c25-17(23-9-11-26-12-10-23)15-13-20-18(21-14-15)24-7-5-22(6-8-24)16-3-1-2-4-19-16/h1-4,13-14H,5-12H2. The molecule has 2 aliphatic rings. The van der Waals surface area contributed by atoms with Gasteiger partial charge >= 0.3 is 0 Å². The van der Waals surface area contributed by atoms with Gasteiger partial charge < -0.3 is 19.4 Å². The van der Waals surface area contributed by atoms with Gasteiger partial charge in [0.05, 0.1) is 18.8 Å². The first-order valence-electron chi connectivity index (χ1n) is 8.91. The van der Waals surface area contributed by atoms with Crippen LogP contribution in [0.2, 0.25) is 0 Å². The molecule has 8 nitrogen and oxygen atoms in total. The average molecular weight is 354 g/mol. The average Bonchev–Trinajstić information content (AvgIpc) is 2.75. The minimum absolute atomic E-state index is 0.0279. The van der Waals surface area contributed by atoms with E-state index in [2.05, 4.69) is 24.8 Å². The summed E-state index contributed by atoms with van der Waals surface area (Å²) in [5, 5.41) is 0. The molecule has 0 aromatic carbocycles. The number of pyridine rings is 1. The molecule has 4 heterocycles. The second-order valence-corrected chi connectivity index (χ2v) is 6.34. The fraction of sp³-hybridized carbons (Fsp3) is 0.444. The summed E-state index contributed by atoms with van der Waals surface area (Å²) >= 11 is 0. The molecule has 2 fully saturated rings. The molecule has 0 unspecified atom stereocenters. The summed E-state index contributed by atoms with van der Waals surface area (Å²) in [4.78, 5) is 31.9. The number of carbonyl (C=O) groups excluding carboxylic acids is 1. The van der Waals surface area contributed by atoms with Crippen molar-refractivity contribution in [2.75, 3.05) is 62.3 Å². The highest BCUT2D eigenvalue weighted by atomic mass is 16.5. The molecule has 2 aromatic heterocycles. The molecular weight excluding hydrogens is 332 g/mol. The Hall–Kier alpha value is -2.74. The first-order valence-corrected chi connectivity index (χ1v) is 8.91. The molecule has 1 amide bonds. The van der Waals surface area contributed by atoms with Crippen LogP contribution in [0.4, 0.5) is 11.8 Å². The van der Waals surface area contributed by atoms with Crippen LogP contribution in [0, 0.1) is 0 Å². The van der Waals surface area contributed by atoms with Crippen molar-refractivity contribution in [3.63, 3.8) is 0 Å². The van der Waals surface area contributed by atoms with E-state index in [-0.39, 0.29) is 5.91 Å². The summed E-state index contributed by atoms with van der Waals surface area (Å²) in [5.74, 6) is 1.64. The zero-order chi connectivity index (χ0) is 17.8. The molecule has 0 N–H and O–H groups in total. The van der Waals surface area contributed by atoms with Gasteiger partial charge in [0, 0.05) is 57.9 Å². The molecule has 0 aliphatic carbocycles. The number of rotatable bonds is 3. The zero-order valence-corrected chi connectivity index (χ0v) is 14.6. The highest BCUT2D eigenvalue weighted by Gasteiger charge is 2.22. The number of piperazine rings is 1. The molecule has 4 rings (SSSR count). The van der Waals surface area contributed by atoms with Crippen molar-refractivity contribution < 1.29 is 9.53 Å². The number of morpholine rings is 1. The predicted molar refractivity (Wildman–Crippen MR) is 97.4 cm³/mol. The van der Waals surface area contributed by atoms with Gasteiger partial charge in [-0.2, -0.15) is 0 Å². The van der Waals surface area contributed by atoms with Gasteiger partial charge in [-0.15, -0.1) is 0 Å². The molecule has 0 radical (unpaired) electrons. The number of aromatic nitrogens is 3. The van der Waals surface area contributed by atoms with Crippen LogP contribution in [0.15, 0.2) is 36.8 Å². The minimum Gasteiger partial charge on any atom is -0.378 e. The third kappa shape index (κ3) is 3.60. The Balaban J connectivity index is 1.36. The van der Waals surface area contributed by atoms with Gasteiger partial charge in [-0.25, -0.2) is 15.0 Å². The minimum atomic E-state index is -0.0279. The van der Waals surface area contributed by atoms with E-state index in [1.54, 1.807) is 17.3 Å². The van der Waals surface area contributed by atoms with E-state index in [4.69, 9.17) is 4.74 Å². The summed E-state index contributed by atoms with van der Waals surface area (Å²) in [6.45, 7) is 5.81. The first-order chi connectivity index (χ1) is 12.8. The van der Waals surface area contributed by atoms with Crippen molar-refractivity contribution in [1.82, 2.24) is 19.9 Å². The van der Waals surface area contributed by atoms with E-state index >= 15 is 0 Å². The van der Waals surface area contributed by atoms with Crippen LogP contribution in [-0.4, -0.2) is 78.2 Å². The second-order valence-electron chi connectivity index (χ2n) is 6.34. The Morgan fingerprint density at radius 3 is 2.23 bits per heavy atom. The lowest BCUT2D eigenvalue weighted by molar-refractivity contribution is 0.0302. The fourth-order valence-corrected chi connectivity index (χ4v) is 3.22. The third-order valence-electron chi connectivity index (χ3n) is 4.72. The van der Waals surface area contributed by atoms with Crippen molar-refractivity contribution in [2.24, 2.45) is 0 Å². The zero-order valence-electron chi connectivity index (χ0n) is 14.6. The van der Waals surface area contributed by atoms with Crippen molar-refractivity contribution in [1.29, 1.82) is 0 Å². The van der Waals surface area contributed by atoms with Crippen LogP contribution in [0.25, 0.3) is 0 Å². The number of nitrogens with zero attached hydrogens (tertiary/aromatic N) is 6. The lowest BCUT2D eigenvalue weighted by Crippen LogP contribution is -2.47. The molecule has 0 atom stereocenters. The summed E-state index contributed by atoms with van der Waals surface area (Å²) < 4.78 is 5.28. The number of hydrogen-bond donors (Lipinski definition) is 0. The Labute approximate surface area is 152 Å². The maximum atomic E-state index is 12.5. The number of anilines is 2. The van der Waals surface area contributed by atoms with Crippen LogP contribution < -0.4 is 9.80 Å². The van der Waals surface area contributed by atoms with E-state index in [1.807, 2.05) is 24.4 Å². The number of ether oxygens (including phenoxy) is 1. The summed E-state index contributed by atoms with van der Waals surface area (Å²) in [7, 11) is 0. The van der Waals surface area contributed by atoms with Crippen LogP contribution in [0.5, 0.6) is 0 Å². The Morgan fingerprint density at radius 2 is 1.58 bits per heavy atom. The van der Waals surface area contributed by atoms with E-state index in [0.717, 1.165) is 32.0 Å². The normalized spacial score (nSPS) is 18.1. The highest BCUT2D eigenvalue weighted by Crippen LogP contribution is 2.16. The van der Waals surface area contributed by atoms with Gasteiger partial charge in [0.25, 0.3) is 5.91 Å². The SMILES string of the molecule is O=C(c1cnc(N2CCN(c3ccccn3)CC2)nc1)N1CCOCC1. The number of amides is 1. The Bertz CT molecular complexity index is 725.